The number of hydrogen-bond donors (Lipinski definition) is 4. The number of anilines is 2. The molecule has 4 aromatic heterocycles. The van der Waals surface area contributed by atoms with Crippen molar-refractivity contribution in [3.05, 3.63) is 156 Å². The molecule has 0 saturated heterocycles. The quantitative estimate of drug-likeness (QED) is 0.114. The molecule has 2 aliphatic rings. The molecule has 2 saturated carbocycles. The molecule has 4 N–H and O–H groups in total. The fourth-order valence-electron chi connectivity index (χ4n) is 7.87. The molecule has 2 aromatic carbocycles. The van der Waals surface area contributed by atoms with Crippen molar-refractivity contribution in [2.75, 3.05) is 10.6 Å². The maximum Gasteiger partial charge on any atom is 0.319 e. The number of benzene rings is 2. The molecular formula is C46H47ClN8O2. The minimum atomic E-state index is -0.469. The molecule has 6 aromatic rings. The summed E-state index contributed by atoms with van der Waals surface area (Å²) in [4.78, 5) is 42.8. The molecule has 0 spiro atoms. The number of hydrogen-bond acceptors (Lipinski definition) is 6. The van der Waals surface area contributed by atoms with Crippen molar-refractivity contribution in [2.24, 2.45) is 0 Å². The molecule has 290 valence electrons. The fourth-order valence-corrected chi connectivity index (χ4v) is 8.03. The highest BCUT2D eigenvalue weighted by atomic mass is 35.5. The summed E-state index contributed by atoms with van der Waals surface area (Å²) < 4.78 is 0. The van der Waals surface area contributed by atoms with Gasteiger partial charge in [0.15, 0.2) is 0 Å². The van der Waals surface area contributed by atoms with Crippen LogP contribution in [0.5, 0.6) is 0 Å². The molecule has 57 heavy (non-hydrogen) atoms. The SMILES string of the molecule is Cc1cc(-c2ccc(NC(=O)NC3(c4cccc(Cl)n4)CCCC3)cc2)ccn1.Cc1cc(-c2ccc(NC(=O)NC3(c4ccccn4)CCCC3)cc2)ccn1. The van der Waals surface area contributed by atoms with Crippen LogP contribution in [-0.4, -0.2) is 32.0 Å². The summed E-state index contributed by atoms with van der Waals surface area (Å²) in [6.07, 6.45) is 13.2. The van der Waals surface area contributed by atoms with Gasteiger partial charge in [-0.05, 0) is 135 Å². The van der Waals surface area contributed by atoms with E-state index in [0.717, 1.165) is 108 Å². The zero-order valence-corrected chi connectivity index (χ0v) is 33.0. The van der Waals surface area contributed by atoms with Crippen molar-refractivity contribution in [1.29, 1.82) is 0 Å². The van der Waals surface area contributed by atoms with E-state index in [1.165, 1.54) is 0 Å². The number of aromatic nitrogens is 4. The lowest BCUT2D eigenvalue weighted by atomic mass is 9.92. The van der Waals surface area contributed by atoms with Crippen LogP contribution in [0.2, 0.25) is 5.15 Å². The average Bonchev–Trinajstić information content (AvgIpc) is 3.90. The number of amides is 4. The first-order valence-corrected chi connectivity index (χ1v) is 19.9. The number of rotatable bonds is 8. The molecule has 0 atom stereocenters. The highest BCUT2D eigenvalue weighted by molar-refractivity contribution is 6.29. The second kappa shape index (κ2) is 17.8. The molecule has 10 nitrogen and oxygen atoms in total. The number of aryl methyl sites for hydroxylation is 2. The van der Waals surface area contributed by atoms with Crippen LogP contribution in [-0.2, 0) is 11.1 Å². The number of pyridine rings is 4. The molecule has 8 rings (SSSR count). The first-order chi connectivity index (χ1) is 27.7. The van der Waals surface area contributed by atoms with Gasteiger partial charge in [-0.3, -0.25) is 15.0 Å². The lowest BCUT2D eigenvalue weighted by Crippen LogP contribution is -2.46. The third-order valence-electron chi connectivity index (χ3n) is 10.7. The van der Waals surface area contributed by atoms with Gasteiger partial charge in [-0.1, -0.05) is 73.7 Å². The van der Waals surface area contributed by atoms with Crippen molar-refractivity contribution in [3.8, 4) is 22.3 Å². The van der Waals surface area contributed by atoms with Crippen LogP contribution in [0.4, 0.5) is 21.0 Å². The molecule has 11 heteroatoms. The van der Waals surface area contributed by atoms with Gasteiger partial charge in [-0.15, -0.1) is 0 Å². The Labute approximate surface area is 339 Å². The van der Waals surface area contributed by atoms with E-state index in [0.29, 0.717) is 5.15 Å². The second-order valence-electron chi connectivity index (χ2n) is 14.8. The third-order valence-corrected chi connectivity index (χ3v) is 10.9. The monoisotopic (exact) mass is 778 g/mol. The molecule has 4 amide bonds. The molecule has 0 unspecified atom stereocenters. The summed E-state index contributed by atoms with van der Waals surface area (Å²) in [7, 11) is 0. The normalized spacial score (nSPS) is 15.1. The van der Waals surface area contributed by atoms with Crippen LogP contribution in [0.25, 0.3) is 22.3 Å². The van der Waals surface area contributed by atoms with Crippen LogP contribution in [0.3, 0.4) is 0 Å². The van der Waals surface area contributed by atoms with Gasteiger partial charge in [0.05, 0.1) is 22.5 Å². The Bertz CT molecular complexity index is 2290. The van der Waals surface area contributed by atoms with E-state index in [1.54, 1.807) is 18.5 Å². The maximum absolute atomic E-state index is 12.7. The predicted molar refractivity (Wildman–Crippen MR) is 227 cm³/mol. The predicted octanol–water partition coefficient (Wildman–Crippen LogP) is 10.7. The third kappa shape index (κ3) is 9.82. The summed E-state index contributed by atoms with van der Waals surface area (Å²) in [6.45, 7) is 3.95. The molecule has 0 aliphatic heterocycles. The molecule has 4 heterocycles. The van der Waals surface area contributed by atoms with Crippen LogP contribution < -0.4 is 21.3 Å². The number of carbonyl (C=O) groups excluding carboxylic acids is 2. The molecule has 0 bridgehead atoms. The number of nitrogens with one attached hydrogen (secondary N) is 4. The average molecular weight is 779 g/mol. The van der Waals surface area contributed by atoms with E-state index in [2.05, 4.69) is 41.2 Å². The van der Waals surface area contributed by atoms with Gasteiger partial charge in [0.2, 0.25) is 0 Å². The summed E-state index contributed by atoms with van der Waals surface area (Å²) in [6, 6.07) is 34.7. The summed E-state index contributed by atoms with van der Waals surface area (Å²) >= 11 is 6.08. The lowest BCUT2D eigenvalue weighted by molar-refractivity contribution is 0.234. The molecule has 0 radical (unpaired) electrons. The number of urea groups is 2. The van der Waals surface area contributed by atoms with Gasteiger partial charge in [0, 0.05) is 41.4 Å². The van der Waals surface area contributed by atoms with E-state index in [-0.39, 0.29) is 17.6 Å². The van der Waals surface area contributed by atoms with E-state index in [1.807, 2.05) is 123 Å². The smallest absolute Gasteiger partial charge is 0.319 e. The second-order valence-corrected chi connectivity index (χ2v) is 15.2. The molecule has 2 fully saturated rings. The zero-order valence-electron chi connectivity index (χ0n) is 32.3. The molecule has 2 aliphatic carbocycles. The number of nitrogens with zero attached hydrogens (tertiary/aromatic N) is 4. The van der Waals surface area contributed by atoms with Crippen molar-refractivity contribution in [2.45, 2.75) is 76.3 Å². The highest BCUT2D eigenvalue weighted by Crippen LogP contribution is 2.39. The van der Waals surface area contributed by atoms with Gasteiger partial charge >= 0.3 is 12.1 Å². The number of halogens is 1. The lowest BCUT2D eigenvalue weighted by Gasteiger charge is -2.30. The fraction of sp³-hybridized carbons (Fsp3) is 0.261. The Kier molecular flexibility index (Phi) is 12.2. The van der Waals surface area contributed by atoms with Crippen molar-refractivity contribution >= 4 is 35.0 Å². The van der Waals surface area contributed by atoms with Gasteiger partial charge in [-0.25, -0.2) is 14.6 Å². The van der Waals surface area contributed by atoms with Gasteiger partial charge in [0.1, 0.15) is 5.15 Å². The van der Waals surface area contributed by atoms with Crippen molar-refractivity contribution in [3.63, 3.8) is 0 Å². The first kappa shape index (κ1) is 39.1. The number of carbonyl (C=O) groups is 2. The summed E-state index contributed by atoms with van der Waals surface area (Å²) in [5.74, 6) is 0. The minimum Gasteiger partial charge on any atom is -0.327 e. The Morgan fingerprint density at radius 1 is 0.526 bits per heavy atom. The summed E-state index contributed by atoms with van der Waals surface area (Å²) in [5.41, 5.74) is 8.76. The Morgan fingerprint density at radius 2 is 1.00 bits per heavy atom. The summed E-state index contributed by atoms with van der Waals surface area (Å²) in [5, 5.41) is 12.7. The van der Waals surface area contributed by atoms with Crippen LogP contribution >= 0.6 is 11.6 Å². The Hall–Kier alpha value is -6.13. The van der Waals surface area contributed by atoms with E-state index < -0.39 is 5.54 Å². The van der Waals surface area contributed by atoms with Crippen molar-refractivity contribution < 1.29 is 9.59 Å². The largest absolute Gasteiger partial charge is 0.327 e. The Balaban J connectivity index is 0.000000174. The van der Waals surface area contributed by atoms with E-state index in [9.17, 15) is 9.59 Å². The van der Waals surface area contributed by atoms with Crippen LogP contribution in [0.15, 0.2) is 128 Å². The van der Waals surface area contributed by atoms with Gasteiger partial charge in [-0.2, -0.15) is 0 Å². The van der Waals surface area contributed by atoms with E-state index >= 15 is 0 Å². The van der Waals surface area contributed by atoms with E-state index in [4.69, 9.17) is 11.6 Å². The Morgan fingerprint density at radius 3 is 1.44 bits per heavy atom. The van der Waals surface area contributed by atoms with Gasteiger partial charge < -0.3 is 21.3 Å². The first-order valence-electron chi connectivity index (χ1n) is 19.5. The van der Waals surface area contributed by atoms with Crippen LogP contribution in [0.1, 0.15) is 74.1 Å². The topological polar surface area (TPSA) is 134 Å². The van der Waals surface area contributed by atoms with Crippen LogP contribution in [0, 0.1) is 13.8 Å². The van der Waals surface area contributed by atoms with Crippen molar-refractivity contribution in [1.82, 2.24) is 30.6 Å². The molecular weight excluding hydrogens is 732 g/mol. The standard InChI is InChI=1S/C23H23ClN4O.C23H24N4O/c1-16-15-18(11-14-25-16)17-7-9-19(10-8-17)26-22(29)28-23(12-2-3-13-23)20-5-4-6-21(24)27-20;1-17-16-19(11-15-24-17)18-7-9-20(10-8-18)26-22(28)27-23(12-3-4-13-23)21-6-2-5-14-25-21/h4-11,14-15H,2-3,12-13H2,1H3,(H2,26,28,29);2,5-11,14-16H,3-4,12-13H2,1H3,(H2,26,27,28). The van der Waals surface area contributed by atoms with Gasteiger partial charge in [0.25, 0.3) is 0 Å². The minimum absolute atomic E-state index is 0.194. The highest BCUT2D eigenvalue weighted by Gasteiger charge is 2.39. The zero-order chi connectivity index (χ0) is 39.7. The maximum atomic E-state index is 12.7.